The van der Waals surface area contributed by atoms with Crippen molar-refractivity contribution in [3.63, 3.8) is 0 Å². The van der Waals surface area contributed by atoms with Gasteiger partial charge in [-0.15, -0.1) is 0 Å². The van der Waals surface area contributed by atoms with Gasteiger partial charge >= 0.3 is 0 Å². The molecule has 4 heteroatoms. The minimum atomic E-state index is 0.522. The summed E-state index contributed by atoms with van der Waals surface area (Å²) in [6.07, 6.45) is 0. The van der Waals surface area contributed by atoms with Crippen LogP contribution < -0.4 is 15.2 Å². The van der Waals surface area contributed by atoms with Crippen molar-refractivity contribution in [2.45, 2.75) is 0 Å². The molecule has 0 saturated heterocycles. The standard InChI is InChI=1S/C23H20N2O2/c1-26-17-11-7-15(8-12-17)21-19-5-3-4-6-20(19)23(24)25-22(21)16-9-13-18(27-2)14-10-16/h3-14H,1-2H3,(H2,24,25). The van der Waals surface area contributed by atoms with E-state index >= 15 is 0 Å². The van der Waals surface area contributed by atoms with Crippen molar-refractivity contribution in [1.82, 2.24) is 4.98 Å². The smallest absolute Gasteiger partial charge is 0.132 e. The van der Waals surface area contributed by atoms with Gasteiger partial charge in [-0.05, 0) is 47.3 Å². The maximum atomic E-state index is 6.29. The van der Waals surface area contributed by atoms with Crippen molar-refractivity contribution in [1.29, 1.82) is 0 Å². The Hall–Kier alpha value is -3.53. The van der Waals surface area contributed by atoms with Crippen molar-refractivity contribution in [2.24, 2.45) is 0 Å². The second kappa shape index (κ2) is 7.00. The highest BCUT2D eigenvalue weighted by Gasteiger charge is 2.16. The normalized spacial score (nSPS) is 10.7. The number of nitrogens with two attached hydrogens (primary N) is 1. The van der Waals surface area contributed by atoms with Gasteiger partial charge < -0.3 is 15.2 Å². The molecule has 0 amide bonds. The minimum absolute atomic E-state index is 0.522. The number of hydrogen-bond donors (Lipinski definition) is 1. The molecule has 4 nitrogen and oxygen atoms in total. The Morgan fingerprint density at radius 1 is 0.667 bits per heavy atom. The molecule has 27 heavy (non-hydrogen) atoms. The highest BCUT2D eigenvalue weighted by atomic mass is 16.5. The van der Waals surface area contributed by atoms with Crippen LogP contribution in [-0.2, 0) is 0 Å². The van der Waals surface area contributed by atoms with Crippen molar-refractivity contribution in [3.8, 4) is 33.9 Å². The summed E-state index contributed by atoms with van der Waals surface area (Å²) >= 11 is 0. The predicted octanol–water partition coefficient (Wildman–Crippen LogP) is 5.17. The second-order valence-corrected chi connectivity index (χ2v) is 6.22. The molecule has 4 rings (SSSR count). The quantitative estimate of drug-likeness (QED) is 0.548. The van der Waals surface area contributed by atoms with Gasteiger partial charge in [0, 0.05) is 16.5 Å². The molecule has 0 saturated carbocycles. The molecule has 0 unspecified atom stereocenters. The molecule has 0 spiro atoms. The van der Waals surface area contributed by atoms with E-state index in [2.05, 4.69) is 6.07 Å². The maximum Gasteiger partial charge on any atom is 0.132 e. The number of ether oxygens (including phenoxy) is 2. The molecule has 0 atom stereocenters. The number of anilines is 1. The Balaban J connectivity index is 2.01. The van der Waals surface area contributed by atoms with Crippen LogP contribution in [0, 0.1) is 0 Å². The summed E-state index contributed by atoms with van der Waals surface area (Å²) in [6.45, 7) is 0. The lowest BCUT2D eigenvalue weighted by atomic mass is 9.93. The summed E-state index contributed by atoms with van der Waals surface area (Å²) in [6, 6.07) is 24.0. The third-order valence-electron chi connectivity index (χ3n) is 4.68. The predicted molar refractivity (Wildman–Crippen MR) is 110 cm³/mol. The zero-order chi connectivity index (χ0) is 18.8. The first-order chi connectivity index (χ1) is 13.2. The Bertz CT molecular complexity index is 1090. The third-order valence-corrected chi connectivity index (χ3v) is 4.68. The molecule has 1 aromatic heterocycles. The van der Waals surface area contributed by atoms with Crippen LogP contribution in [0.3, 0.4) is 0 Å². The lowest BCUT2D eigenvalue weighted by Crippen LogP contribution is -1.98. The summed E-state index contributed by atoms with van der Waals surface area (Å²) in [7, 11) is 3.32. The fourth-order valence-corrected chi connectivity index (χ4v) is 3.30. The summed E-state index contributed by atoms with van der Waals surface area (Å²) < 4.78 is 10.6. The molecule has 0 fully saturated rings. The van der Waals surface area contributed by atoms with Gasteiger partial charge in [-0.3, -0.25) is 0 Å². The minimum Gasteiger partial charge on any atom is -0.497 e. The number of pyridine rings is 1. The van der Waals surface area contributed by atoms with Crippen LogP contribution in [0.15, 0.2) is 72.8 Å². The molecular weight excluding hydrogens is 336 g/mol. The molecular formula is C23H20N2O2. The molecule has 0 bridgehead atoms. The van der Waals surface area contributed by atoms with E-state index in [1.165, 1.54) is 0 Å². The van der Waals surface area contributed by atoms with E-state index in [4.69, 9.17) is 20.2 Å². The van der Waals surface area contributed by atoms with Crippen LogP contribution in [0.1, 0.15) is 0 Å². The van der Waals surface area contributed by atoms with Crippen LogP contribution in [-0.4, -0.2) is 19.2 Å². The summed E-state index contributed by atoms with van der Waals surface area (Å²) in [5, 5.41) is 2.02. The van der Waals surface area contributed by atoms with Gasteiger partial charge in [-0.2, -0.15) is 0 Å². The Labute approximate surface area is 158 Å². The van der Waals surface area contributed by atoms with E-state index < -0.39 is 0 Å². The first-order valence-corrected chi connectivity index (χ1v) is 8.68. The highest BCUT2D eigenvalue weighted by molar-refractivity contribution is 6.06. The van der Waals surface area contributed by atoms with E-state index in [0.29, 0.717) is 5.82 Å². The van der Waals surface area contributed by atoms with Gasteiger partial charge in [0.2, 0.25) is 0 Å². The van der Waals surface area contributed by atoms with Gasteiger partial charge in [0.25, 0.3) is 0 Å². The van der Waals surface area contributed by atoms with E-state index in [1.807, 2.05) is 66.7 Å². The summed E-state index contributed by atoms with van der Waals surface area (Å²) in [5.74, 6) is 2.14. The average molecular weight is 356 g/mol. The van der Waals surface area contributed by atoms with Gasteiger partial charge in [0.1, 0.15) is 17.3 Å². The van der Waals surface area contributed by atoms with E-state index in [9.17, 15) is 0 Å². The monoisotopic (exact) mass is 356 g/mol. The first-order valence-electron chi connectivity index (χ1n) is 8.68. The van der Waals surface area contributed by atoms with Crippen molar-refractivity contribution < 1.29 is 9.47 Å². The molecule has 4 aromatic rings. The SMILES string of the molecule is COc1ccc(-c2nc(N)c3ccccc3c2-c2ccc(OC)cc2)cc1. The molecule has 0 radical (unpaired) electrons. The Morgan fingerprint density at radius 2 is 1.19 bits per heavy atom. The fraction of sp³-hybridized carbons (Fsp3) is 0.0870. The number of benzene rings is 3. The number of aromatic nitrogens is 1. The zero-order valence-corrected chi connectivity index (χ0v) is 15.3. The van der Waals surface area contributed by atoms with E-state index in [-0.39, 0.29) is 0 Å². The van der Waals surface area contributed by atoms with Crippen molar-refractivity contribution >= 4 is 16.6 Å². The molecule has 134 valence electrons. The number of hydrogen-bond acceptors (Lipinski definition) is 4. The topological polar surface area (TPSA) is 57.4 Å². The summed E-state index contributed by atoms with van der Waals surface area (Å²) in [5.41, 5.74) is 10.2. The summed E-state index contributed by atoms with van der Waals surface area (Å²) in [4.78, 5) is 4.75. The van der Waals surface area contributed by atoms with Crippen LogP contribution in [0.4, 0.5) is 5.82 Å². The first kappa shape index (κ1) is 16.9. The van der Waals surface area contributed by atoms with Gasteiger partial charge in [-0.25, -0.2) is 4.98 Å². The largest absolute Gasteiger partial charge is 0.497 e. The lowest BCUT2D eigenvalue weighted by molar-refractivity contribution is 0.414. The number of nitrogen functional groups attached to an aromatic ring is 1. The Morgan fingerprint density at radius 3 is 1.74 bits per heavy atom. The molecule has 1 heterocycles. The number of fused-ring (bicyclic) bond motifs is 1. The van der Waals surface area contributed by atoms with Crippen LogP contribution in [0.5, 0.6) is 11.5 Å². The molecule has 2 N–H and O–H groups in total. The van der Waals surface area contributed by atoms with Crippen molar-refractivity contribution in [3.05, 3.63) is 72.8 Å². The van der Waals surface area contributed by atoms with E-state index in [1.54, 1.807) is 14.2 Å². The zero-order valence-electron chi connectivity index (χ0n) is 15.3. The molecule has 0 aliphatic heterocycles. The van der Waals surface area contributed by atoms with Crippen LogP contribution >= 0.6 is 0 Å². The highest BCUT2D eigenvalue weighted by Crippen LogP contribution is 2.39. The maximum absolute atomic E-state index is 6.29. The number of methoxy groups -OCH3 is 2. The van der Waals surface area contributed by atoms with E-state index in [0.717, 1.165) is 44.7 Å². The van der Waals surface area contributed by atoms with Gasteiger partial charge in [0.05, 0.1) is 19.9 Å². The molecule has 0 aliphatic carbocycles. The number of nitrogens with zero attached hydrogens (tertiary/aromatic N) is 1. The lowest BCUT2D eigenvalue weighted by Gasteiger charge is -2.15. The van der Waals surface area contributed by atoms with Crippen LogP contribution in [0.2, 0.25) is 0 Å². The Kier molecular flexibility index (Phi) is 4.38. The van der Waals surface area contributed by atoms with Gasteiger partial charge in [0.15, 0.2) is 0 Å². The van der Waals surface area contributed by atoms with Crippen molar-refractivity contribution in [2.75, 3.05) is 20.0 Å². The average Bonchev–Trinajstić information content (AvgIpc) is 2.74. The molecule has 3 aromatic carbocycles. The second-order valence-electron chi connectivity index (χ2n) is 6.22. The van der Waals surface area contributed by atoms with Crippen LogP contribution in [0.25, 0.3) is 33.2 Å². The number of rotatable bonds is 4. The third kappa shape index (κ3) is 3.06. The fourth-order valence-electron chi connectivity index (χ4n) is 3.30. The molecule has 0 aliphatic rings. The van der Waals surface area contributed by atoms with Gasteiger partial charge in [-0.1, -0.05) is 36.4 Å².